The van der Waals surface area contributed by atoms with Gasteiger partial charge in [0.15, 0.2) is 0 Å². The quantitative estimate of drug-likeness (QED) is 0.798. The van der Waals surface area contributed by atoms with Crippen LogP contribution < -0.4 is 5.32 Å². The van der Waals surface area contributed by atoms with Gasteiger partial charge in [0.05, 0.1) is 5.25 Å². The Morgan fingerprint density at radius 3 is 3.00 bits per heavy atom. The van der Waals surface area contributed by atoms with Gasteiger partial charge in [-0.05, 0) is 25.1 Å². The van der Waals surface area contributed by atoms with Gasteiger partial charge in [0.2, 0.25) is 11.8 Å². The normalized spacial score (nSPS) is 15.6. The average Bonchev–Trinajstić information content (AvgIpc) is 3.15. The van der Waals surface area contributed by atoms with E-state index in [1.807, 2.05) is 24.3 Å². The maximum atomic E-state index is 12.2. The molecule has 2 heterocycles. The van der Waals surface area contributed by atoms with Gasteiger partial charge in [-0.1, -0.05) is 33.8 Å². The van der Waals surface area contributed by atoms with Gasteiger partial charge in [0, 0.05) is 23.1 Å². The van der Waals surface area contributed by atoms with Crippen LogP contribution in [0.15, 0.2) is 38.4 Å². The van der Waals surface area contributed by atoms with Crippen molar-refractivity contribution in [2.45, 2.75) is 17.4 Å². The first kappa shape index (κ1) is 16.0. The molecule has 120 valence electrons. The van der Waals surface area contributed by atoms with Crippen molar-refractivity contribution in [1.29, 1.82) is 0 Å². The highest BCUT2D eigenvalue weighted by atomic mass is 79.9. The number of hydrogen-bond donors (Lipinski definition) is 1. The lowest BCUT2D eigenvalue weighted by atomic mass is 10.2. The lowest BCUT2D eigenvalue weighted by Crippen LogP contribution is -2.38. The van der Waals surface area contributed by atoms with Crippen LogP contribution in [-0.2, 0) is 4.79 Å². The first-order valence-corrected chi connectivity index (χ1v) is 8.57. The highest BCUT2D eigenvalue weighted by Crippen LogP contribution is 2.28. The molecule has 23 heavy (non-hydrogen) atoms. The smallest absolute Gasteiger partial charge is 0.324 e. The molecule has 3 amide bonds. The van der Waals surface area contributed by atoms with Gasteiger partial charge in [-0.25, -0.2) is 4.79 Å². The van der Waals surface area contributed by atoms with Crippen molar-refractivity contribution in [2.24, 2.45) is 0 Å². The Kier molecular flexibility index (Phi) is 4.67. The zero-order valence-corrected chi connectivity index (χ0v) is 14.6. The molecule has 1 saturated heterocycles. The lowest BCUT2D eigenvalue weighted by molar-refractivity contribution is -0.126. The number of benzene rings is 1. The van der Waals surface area contributed by atoms with Crippen LogP contribution >= 0.6 is 27.7 Å². The fourth-order valence-corrected chi connectivity index (χ4v) is 3.24. The number of hydrogen-bond acceptors (Lipinski definition) is 6. The third kappa shape index (κ3) is 3.56. The minimum absolute atomic E-state index is 0.271. The predicted molar refractivity (Wildman–Crippen MR) is 87.9 cm³/mol. The summed E-state index contributed by atoms with van der Waals surface area (Å²) in [5, 5.41) is 10.3. The Hall–Kier alpha value is -1.87. The average molecular weight is 397 g/mol. The van der Waals surface area contributed by atoms with Crippen LogP contribution in [0, 0.1) is 0 Å². The lowest BCUT2D eigenvalue weighted by Gasteiger charge is -2.15. The van der Waals surface area contributed by atoms with Gasteiger partial charge >= 0.3 is 6.03 Å². The second-order valence-electron chi connectivity index (χ2n) is 4.87. The number of thioether (sulfide) groups is 1. The molecule has 2 aromatic rings. The van der Waals surface area contributed by atoms with Crippen LogP contribution in [-0.4, -0.2) is 45.4 Å². The molecule has 7 nitrogen and oxygen atoms in total. The Morgan fingerprint density at radius 2 is 2.30 bits per heavy atom. The molecule has 9 heteroatoms. The Bertz CT molecular complexity index is 751. The van der Waals surface area contributed by atoms with Crippen LogP contribution in [0.25, 0.3) is 11.5 Å². The number of halogens is 1. The summed E-state index contributed by atoms with van der Waals surface area (Å²) in [6, 6.07) is 7.13. The number of aromatic nitrogens is 2. The van der Waals surface area contributed by atoms with E-state index in [2.05, 4.69) is 31.4 Å². The van der Waals surface area contributed by atoms with E-state index in [0.717, 1.165) is 21.8 Å². The number of urea groups is 1. The van der Waals surface area contributed by atoms with E-state index in [-0.39, 0.29) is 11.9 Å². The zero-order chi connectivity index (χ0) is 16.4. The van der Waals surface area contributed by atoms with Gasteiger partial charge in [-0.3, -0.25) is 9.69 Å². The number of rotatable bonds is 4. The highest BCUT2D eigenvalue weighted by molar-refractivity contribution is 9.10. The standard InChI is InChI=1S/C14H13BrN4O3S/c1-8(12(20)19-6-5-16-13(19)21)23-14-18-17-11(22-14)9-3-2-4-10(15)7-9/h2-4,7-8H,5-6H2,1H3,(H,16,21)/t8-/m1/s1. The number of imide groups is 1. The van der Waals surface area contributed by atoms with Gasteiger partial charge in [0.1, 0.15) is 0 Å². The van der Waals surface area contributed by atoms with Gasteiger partial charge in [0.25, 0.3) is 5.22 Å². The molecule has 1 aromatic heterocycles. The molecule has 0 bridgehead atoms. The Morgan fingerprint density at radius 1 is 1.48 bits per heavy atom. The second kappa shape index (κ2) is 6.71. The highest BCUT2D eigenvalue weighted by Gasteiger charge is 2.31. The van der Waals surface area contributed by atoms with Gasteiger partial charge in [-0.2, -0.15) is 0 Å². The fraction of sp³-hybridized carbons (Fsp3) is 0.286. The van der Waals surface area contributed by atoms with E-state index >= 15 is 0 Å². The van der Waals surface area contributed by atoms with Crippen LogP contribution in [0.3, 0.4) is 0 Å². The maximum absolute atomic E-state index is 12.2. The topological polar surface area (TPSA) is 88.3 Å². The molecule has 1 aliphatic heterocycles. The molecule has 1 aliphatic rings. The van der Waals surface area contributed by atoms with Crippen LogP contribution in [0.1, 0.15) is 6.92 Å². The number of amides is 3. The number of carbonyl (C=O) groups is 2. The number of nitrogens with zero attached hydrogens (tertiary/aromatic N) is 3. The first-order valence-electron chi connectivity index (χ1n) is 6.90. The summed E-state index contributed by atoms with van der Waals surface area (Å²) >= 11 is 4.52. The number of carbonyl (C=O) groups excluding carboxylic acids is 2. The van der Waals surface area contributed by atoms with E-state index in [0.29, 0.717) is 24.2 Å². The van der Waals surface area contributed by atoms with Crippen LogP contribution in [0.4, 0.5) is 4.79 Å². The van der Waals surface area contributed by atoms with Crippen LogP contribution in [0.2, 0.25) is 0 Å². The van der Waals surface area contributed by atoms with E-state index in [9.17, 15) is 9.59 Å². The third-order valence-electron chi connectivity index (χ3n) is 3.23. The molecule has 0 saturated carbocycles. The molecule has 1 fully saturated rings. The number of nitrogens with one attached hydrogen (secondary N) is 1. The van der Waals surface area contributed by atoms with Crippen molar-refractivity contribution >= 4 is 39.6 Å². The second-order valence-corrected chi connectivity index (χ2v) is 7.07. The zero-order valence-electron chi connectivity index (χ0n) is 12.2. The third-order valence-corrected chi connectivity index (χ3v) is 4.64. The Balaban J connectivity index is 1.69. The summed E-state index contributed by atoms with van der Waals surface area (Å²) in [6.45, 7) is 2.58. The van der Waals surface area contributed by atoms with Crippen molar-refractivity contribution in [1.82, 2.24) is 20.4 Å². The van der Waals surface area contributed by atoms with E-state index in [1.165, 1.54) is 4.90 Å². The van der Waals surface area contributed by atoms with E-state index < -0.39 is 5.25 Å². The van der Waals surface area contributed by atoms with Crippen molar-refractivity contribution in [3.63, 3.8) is 0 Å². The van der Waals surface area contributed by atoms with E-state index in [1.54, 1.807) is 6.92 Å². The molecule has 0 unspecified atom stereocenters. The largest absolute Gasteiger partial charge is 0.411 e. The minimum Gasteiger partial charge on any atom is -0.411 e. The molecular weight excluding hydrogens is 384 g/mol. The van der Waals surface area contributed by atoms with Crippen molar-refractivity contribution in [3.8, 4) is 11.5 Å². The molecule has 1 atom stereocenters. The summed E-state index contributed by atoms with van der Waals surface area (Å²) in [5.74, 6) is 0.111. The molecule has 0 aliphatic carbocycles. The molecule has 0 radical (unpaired) electrons. The molecule has 0 spiro atoms. The minimum atomic E-state index is -0.491. The molecule has 1 N–H and O–H groups in total. The molecule has 3 rings (SSSR count). The summed E-state index contributed by atoms with van der Waals surface area (Å²) in [6.07, 6.45) is 0. The fourth-order valence-electron chi connectivity index (χ4n) is 2.10. The summed E-state index contributed by atoms with van der Waals surface area (Å²) in [5.41, 5.74) is 0.789. The van der Waals surface area contributed by atoms with Crippen molar-refractivity contribution < 1.29 is 14.0 Å². The monoisotopic (exact) mass is 396 g/mol. The van der Waals surface area contributed by atoms with Crippen molar-refractivity contribution in [2.75, 3.05) is 13.1 Å². The summed E-state index contributed by atoms with van der Waals surface area (Å²) < 4.78 is 6.49. The maximum Gasteiger partial charge on any atom is 0.324 e. The van der Waals surface area contributed by atoms with Crippen molar-refractivity contribution in [3.05, 3.63) is 28.7 Å². The summed E-state index contributed by atoms with van der Waals surface area (Å²) in [4.78, 5) is 24.9. The summed E-state index contributed by atoms with van der Waals surface area (Å²) in [7, 11) is 0. The van der Waals surface area contributed by atoms with Gasteiger partial charge < -0.3 is 9.73 Å². The Labute approximate surface area is 144 Å². The van der Waals surface area contributed by atoms with Gasteiger partial charge in [-0.15, -0.1) is 10.2 Å². The first-order chi connectivity index (χ1) is 11.0. The molecular formula is C14H13BrN4O3S. The molecule has 1 aromatic carbocycles. The SMILES string of the molecule is C[C@@H](Sc1nnc(-c2cccc(Br)c2)o1)C(=O)N1CCNC1=O. The predicted octanol–water partition coefficient (Wildman–Crippen LogP) is 2.53. The van der Waals surface area contributed by atoms with E-state index in [4.69, 9.17) is 4.42 Å². The van der Waals surface area contributed by atoms with Crippen LogP contribution in [0.5, 0.6) is 0 Å².